The monoisotopic (exact) mass is 388 g/mol. The number of aryl methyl sites for hydroxylation is 1. The second-order valence-corrected chi connectivity index (χ2v) is 7.68. The van der Waals surface area contributed by atoms with E-state index in [9.17, 15) is 0 Å². The Kier molecular flexibility index (Phi) is 5.18. The van der Waals surface area contributed by atoms with E-state index in [2.05, 4.69) is 91.0 Å². The molecule has 30 heavy (non-hydrogen) atoms. The van der Waals surface area contributed by atoms with Crippen LogP contribution in [0.25, 0.3) is 11.1 Å². The van der Waals surface area contributed by atoms with Gasteiger partial charge in [0.2, 0.25) is 0 Å². The average Bonchev–Trinajstić information content (AvgIpc) is 2.83. The molecule has 0 saturated carbocycles. The van der Waals surface area contributed by atoms with Crippen LogP contribution in [-0.4, -0.2) is 0 Å². The molecule has 0 radical (unpaired) electrons. The molecule has 146 valence electrons. The van der Waals surface area contributed by atoms with Gasteiger partial charge in [-0.25, -0.2) is 0 Å². The van der Waals surface area contributed by atoms with Crippen LogP contribution < -0.4 is 4.74 Å². The third-order valence-electron chi connectivity index (χ3n) is 5.73. The molecule has 1 aliphatic rings. The van der Waals surface area contributed by atoms with Crippen molar-refractivity contribution in [3.8, 4) is 5.75 Å². The maximum atomic E-state index is 6.09. The summed E-state index contributed by atoms with van der Waals surface area (Å²) in [6, 6.07) is 38.4. The van der Waals surface area contributed by atoms with Crippen LogP contribution in [0.2, 0.25) is 0 Å². The molecule has 0 saturated heterocycles. The van der Waals surface area contributed by atoms with Crippen molar-refractivity contribution in [2.24, 2.45) is 0 Å². The molecule has 1 heteroatoms. The number of hydrogen-bond donors (Lipinski definition) is 0. The first-order valence-corrected chi connectivity index (χ1v) is 10.5. The molecule has 0 heterocycles. The quantitative estimate of drug-likeness (QED) is 0.352. The van der Waals surface area contributed by atoms with E-state index in [4.69, 9.17) is 4.74 Å². The zero-order valence-corrected chi connectivity index (χ0v) is 16.9. The fraction of sp³-hybridized carbons (Fsp3) is 0.103. The normalized spacial score (nSPS) is 13.1. The number of fused-ring (bicyclic) bond motifs is 1. The fourth-order valence-corrected chi connectivity index (χ4v) is 4.26. The lowest BCUT2D eigenvalue weighted by Crippen LogP contribution is -2.07. The summed E-state index contributed by atoms with van der Waals surface area (Å²) in [7, 11) is 0. The van der Waals surface area contributed by atoms with Gasteiger partial charge >= 0.3 is 0 Å². The summed E-state index contributed by atoms with van der Waals surface area (Å²) in [6.45, 7) is 0.594. The van der Waals surface area contributed by atoms with Gasteiger partial charge in [0.15, 0.2) is 0 Å². The van der Waals surface area contributed by atoms with Crippen LogP contribution >= 0.6 is 0 Å². The van der Waals surface area contributed by atoms with E-state index in [1.165, 1.54) is 39.0 Å². The van der Waals surface area contributed by atoms with E-state index in [0.29, 0.717) is 6.61 Å². The lowest BCUT2D eigenvalue weighted by atomic mass is 9.80. The van der Waals surface area contributed by atoms with Gasteiger partial charge in [0, 0.05) is 0 Å². The summed E-state index contributed by atoms with van der Waals surface area (Å²) in [4.78, 5) is 0. The summed E-state index contributed by atoms with van der Waals surface area (Å²) in [5.41, 5.74) is 9.22. The average molecular weight is 389 g/mol. The lowest BCUT2D eigenvalue weighted by Gasteiger charge is -2.25. The molecule has 1 aliphatic carbocycles. The minimum atomic E-state index is 0.594. The smallest absolute Gasteiger partial charge is 0.120 e. The molecule has 0 atom stereocenters. The number of hydrogen-bond acceptors (Lipinski definition) is 1. The molecule has 4 aromatic carbocycles. The summed E-state index contributed by atoms with van der Waals surface area (Å²) >= 11 is 0. The highest BCUT2D eigenvalue weighted by Gasteiger charge is 2.21. The molecule has 0 fully saturated rings. The van der Waals surface area contributed by atoms with Crippen molar-refractivity contribution < 1.29 is 4.74 Å². The van der Waals surface area contributed by atoms with Crippen LogP contribution in [0, 0.1) is 0 Å². The molecule has 0 aliphatic heterocycles. The van der Waals surface area contributed by atoms with Gasteiger partial charge in [0.05, 0.1) is 0 Å². The Balaban J connectivity index is 1.53. The Labute approximate surface area is 178 Å². The van der Waals surface area contributed by atoms with Crippen molar-refractivity contribution in [1.29, 1.82) is 0 Å². The Hall–Kier alpha value is -3.58. The number of benzene rings is 4. The van der Waals surface area contributed by atoms with E-state index in [0.717, 1.165) is 18.6 Å². The Morgan fingerprint density at radius 1 is 0.600 bits per heavy atom. The number of ether oxygens (including phenoxy) is 1. The molecule has 0 bridgehead atoms. The maximum absolute atomic E-state index is 6.09. The second-order valence-electron chi connectivity index (χ2n) is 7.68. The van der Waals surface area contributed by atoms with Gasteiger partial charge in [0.25, 0.3) is 0 Å². The molecule has 0 N–H and O–H groups in total. The largest absolute Gasteiger partial charge is 0.489 e. The van der Waals surface area contributed by atoms with Crippen LogP contribution in [0.15, 0.2) is 109 Å². The topological polar surface area (TPSA) is 9.23 Å². The van der Waals surface area contributed by atoms with E-state index < -0.39 is 0 Å². The Bertz CT molecular complexity index is 1160. The van der Waals surface area contributed by atoms with Crippen molar-refractivity contribution in [2.45, 2.75) is 19.4 Å². The van der Waals surface area contributed by atoms with Gasteiger partial charge in [-0.15, -0.1) is 0 Å². The zero-order chi connectivity index (χ0) is 20.2. The summed E-state index contributed by atoms with van der Waals surface area (Å²) in [5, 5.41) is 0. The molecular weight excluding hydrogens is 364 g/mol. The third kappa shape index (κ3) is 3.79. The predicted molar refractivity (Wildman–Crippen MR) is 124 cm³/mol. The van der Waals surface area contributed by atoms with Gasteiger partial charge < -0.3 is 4.74 Å². The predicted octanol–water partition coefficient (Wildman–Crippen LogP) is 7.17. The van der Waals surface area contributed by atoms with Crippen molar-refractivity contribution in [3.63, 3.8) is 0 Å². The highest BCUT2D eigenvalue weighted by Crippen LogP contribution is 2.41. The van der Waals surface area contributed by atoms with Gasteiger partial charge in [-0.05, 0) is 63.9 Å². The van der Waals surface area contributed by atoms with E-state index in [1.807, 2.05) is 18.2 Å². The minimum Gasteiger partial charge on any atom is -0.489 e. The first-order chi connectivity index (χ1) is 14.9. The fourth-order valence-electron chi connectivity index (χ4n) is 4.26. The van der Waals surface area contributed by atoms with E-state index >= 15 is 0 Å². The minimum absolute atomic E-state index is 0.594. The molecule has 0 aromatic heterocycles. The Morgan fingerprint density at radius 3 is 1.93 bits per heavy atom. The van der Waals surface area contributed by atoms with Crippen LogP contribution in [-0.2, 0) is 13.0 Å². The van der Waals surface area contributed by atoms with E-state index in [-0.39, 0.29) is 0 Å². The lowest BCUT2D eigenvalue weighted by molar-refractivity contribution is 0.306. The van der Waals surface area contributed by atoms with Gasteiger partial charge in [-0.2, -0.15) is 0 Å². The highest BCUT2D eigenvalue weighted by atomic mass is 16.5. The van der Waals surface area contributed by atoms with Crippen molar-refractivity contribution in [3.05, 3.63) is 137 Å². The number of rotatable bonds is 5. The summed E-state index contributed by atoms with van der Waals surface area (Å²) < 4.78 is 6.09. The molecule has 0 spiro atoms. The van der Waals surface area contributed by atoms with Gasteiger partial charge in [0.1, 0.15) is 12.4 Å². The highest BCUT2D eigenvalue weighted by molar-refractivity contribution is 6.00. The van der Waals surface area contributed by atoms with Gasteiger partial charge in [-0.3, -0.25) is 0 Å². The van der Waals surface area contributed by atoms with Crippen LogP contribution in [0.4, 0.5) is 0 Å². The second kappa shape index (κ2) is 8.42. The molecule has 5 rings (SSSR count). The molecule has 1 nitrogen and oxygen atoms in total. The van der Waals surface area contributed by atoms with Crippen LogP contribution in [0.5, 0.6) is 5.75 Å². The summed E-state index contributed by atoms with van der Waals surface area (Å²) in [5.74, 6) is 0.938. The van der Waals surface area contributed by atoms with E-state index in [1.54, 1.807) is 0 Å². The third-order valence-corrected chi connectivity index (χ3v) is 5.73. The molecular formula is C29H24O. The zero-order valence-electron chi connectivity index (χ0n) is 16.9. The first kappa shape index (κ1) is 18.4. The van der Waals surface area contributed by atoms with Crippen molar-refractivity contribution in [1.82, 2.24) is 0 Å². The first-order valence-electron chi connectivity index (χ1n) is 10.5. The number of allylic oxidation sites excluding steroid dienone is 1. The Morgan fingerprint density at radius 2 is 1.23 bits per heavy atom. The van der Waals surface area contributed by atoms with Crippen LogP contribution in [0.1, 0.15) is 34.2 Å². The molecule has 4 aromatic rings. The van der Waals surface area contributed by atoms with Crippen molar-refractivity contribution >= 4 is 11.1 Å². The van der Waals surface area contributed by atoms with Gasteiger partial charge in [-0.1, -0.05) is 97.1 Å². The standard InChI is InChI=1S/C29H24O/c1-4-10-22(11-5-1)21-30-26-17-19-28-25(20-26)16-18-27(23-12-6-2-7-13-23)29(28)24-14-8-3-9-15-24/h1-15,17,19-20H,16,18,21H2. The molecule has 0 unspecified atom stereocenters. The maximum Gasteiger partial charge on any atom is 0.120 e. The summed E-state index contributed by atoms with van der Waals surface area (Å²) in [6.07, 6.45) is 2.06. The van der Waals surface area contributed by atoms with Crippen LogP contribution in [0.3, 0.4) is 0 Å². The molecule has 0 amide bonds. The van der Waals surface area contributed by atoms with Crippen molar-refractivity contribution in [2.75, 3.05) is 0 Å². The SMILES string of the molecule is c1ccc(COc2ccc3c(c2)CCC(c2ccccc2)=C3c2ccccc2)cc1.